The molecule has 0 aliphatic carbocycles. The van der Waals surface area contributed by atoms with Gasteiger partial charge in [-0.15, -0.1) is 0 Å². The molecule has 3 aromatic rings. The third-order valence-electron chi connectivity index (χ3n) is 3.52. The second-order valence-electron chi connectivity index (χ2n) is 4.91. The minimum absolute atomic E-state index is 0.298. The van der Waals surface area contributed by atoms with E-state index in [0.717, 1.165) is 26.6 Å². The maximum atomic E-state index is 13.5. The normalized spacial score (nSPS) is 12.8. The first-order valence-corrected chi connectivity index (χ1v) is 7.29. The van der Waals surface area contributed by atoms with E-state index in [2.05, 4.69) is 21.4 Å². The molecule has 0 bridgehead atoms. The van der Waals surface area contributed by atoms with Crippen molar-refractivity contribution in [1.29, 1.82) is 0 Å². The van der Waals surface area contributed by atoms with Crippen LogP contribution in [0.25, 0.3) is 11.0 Å². The van der Waals surface area contributed by atoms with Gasteiger partial charge in [-0.25, -0.2) is 9.82 Å². The maximum absolute atomic E-state index is 13.5. The highest BCUT2D eigenvalue weighted by molar-refractivity contribution is 9.10. The molecule has 0 spiro atoms. The molecule has 0 radical (unpaired) electrons. The van der Waals surface area contributed by atoms with E-state index >= 15 is 0 Å². The molecule has 1 aromatic heterocycles. The Morgan fingerprint density at radius 3 is 2.76 bits per heavy atom. The molecule has 0 saturated heterocycles. The molecule has 21 heavy (non-hydrogen) atoms. The molecule has 0 saturated carbocycles. The highest BCUT2D eigenvalue weighted by Gasteiger charge is 2.20. The van der Waals surface area contributed by atoms with E-state index in [0.29, 0.717) is 5.76 Å². The van der Waals surface area contributed by atoms with Crippen molar-refractivity contribution in [3.05, 3.63) is 69.6 Å². The molecule has 0 aliphatic rings. The van der Waals surface area contributed by atoms with E-state index in [1.165, 1.54) is 12.1 Å². The van der Waals surface area contributed by atoms with Gasteiger partial charge >= 0.3 is 0 Å². The SMILES string of the molecule is Cc1ccc(F)cc1C(NN)c1cc2cccc(Br)c2o1. The Balaban J connectivity index is 2.13. The number of hydrogen-bond donors (Lipinski definition) is 2. The van der Waals surface area contributed by atoms with E-state index in [4.69, 9.17) is 10.3 Å². The summed E-state index contributed by atoms with van der Waals surface area (Å²) in [4.78, 5) is 0. The van der Waals surface area contributed by atoms with Crippen molar-refractivity contribution in [2.45, 2.75) is 13.0 Å². The Hall–Kier alpha value is -1.69. The standard InChI is InChI=1S/C16H14BrFN2O/c1-9-5-6-11(18)8-12(9)15(20-19)14-7-10-3-2-4-13(17)16(10)21-14/h2-8,15,20H,19H2,1H3. The minimum atomic E-state index is -0.403. The molecule has 108 valence electrons. The predicted molar refractivity (Wildman–Crippen MR) is 84.2 cm³/mol. The molecule has 0 amide bonds. The third kappa shape index (κ3) is 2.60. The van der Waals surface area contributed by atoms with E-state index < -0.39 is 6.04 Å². The quantitative estimate of drug-likeness (QED) is 0.551. The summed E-state index contributed by atoms with van der Waals surface area (Å²) in [7, 11) is 0. The van der Waals surface area contributed by atoms with Crippen molar-refractivity contribution >= 4 is 26.9 Å². The lowest BCUT2D eigenvalue weighted by Gasteiger charge is -2.16. The second-order valence-corrected chi connectivity index (χ2v) is 5.76. The first-order chi connectivity index (χ1) is 10.1. The number of aryl methyl sites for hydroxylation is 1. The molecule has 1 heterocycles. The fraction of sp³-hybridized carbons (Fsp3) is 0.125. The molecule has 5 heteroatoms. The van der Waals surface area contributed by atoms with Gasteiger partial charge in [0.2, 0.25) is 0 Å². The average Bonchev–Trinajstić information content (AvgIpc) is 2.89. The lowest BCUT2D eigenvalue weighted by atomic mass is 9.99. The first kappa shape index (κ1) is 14.3. The summed E-state index contributed by atoms with van der Waals surface area (Å²) >= 11 is 3.46. The monoisotopic (exact) mass is 348 g/mol. The number of nitrogens with two attached hydrogens (primary N) is 1. The molecule has 3 rings (SSSR count). The highest BCUT2D eigenvalue weighted by atomic mass is 79.9. The summed E-state index contributed by atoms with van der Waals surface area (Å²) in [5.74, 6) is 6.02. The molecule has 3 nitrogen and oxygen atoms in total. The summed E-state index contributed by atoms with van der Waals surface area (Å²) in [6.45, 7) is 1.91. The van der Waals surface area contributed by atoms with Crippen LogP contribution in [0.4, 0.5) is 4.39 Å². The third-order valence-corrected chi connectivity index (χ3v) is 4.14. The Morgan fingerprint density at radius 1 is 1.24 bits per heavy atom. The summed E-state index contributed by atoms with van der Waals surface area (Å²) in [5.41, 5.74) is 5.16. The van der Waals surface area contributed by atoms with Gasteiger partial charge in [-0.1, -0.05) is 18.2 Å². The van der Waals surface area contributed by atoms with Crippen LogP contribution in [0.15, 0.2) is 51.4 Å². The van der Waals surface area contributed by atoms with Gasteiger partial charge in [0.05, 0.1) is 4.47 Å². The van der Waals surface area contributed by atoms with E-state index in [9.17, 15) is 4.39 Å². The Kier molecular flexibility index (Phi) is 3.80. The van der Waals surface area contributed by atoms with E-state index in [-0.39, 0.29) is 5.82 Å². The Labute approximate surface area is 130 Å². The average molecular weight is 349 g/mol. The largest absolute Gasteiger partial charge is 0.458 e. The van der Waals surface area contributed by atoms with E-state index in [1.54, 1.807) is 6.07 Å². The highest BCUT2D eigenvalue weighted by Crippen LogP contribution is 2.32. The molecule has 2 aromatic carbocycles. The van der Waals surface area contributed by atoms with Gasteiger partial charge in [-0.3, -0.25) is 5.84 Å². The lowest BCUT2D eigenvalue weighted by molar-refractivity contribution is 0.473. The smallest absolute Gasteiger partial charge is 0.148 e. The topological polar surface area (TPSA) is 51.2 Å². The molecular formula is C16H14BrFN2O. The number of para-hydroxylation sites is 1. The van der Waals surface area contributed by atoms with E-state index in [1.807, 2.05) is 31.2 Å². The molecule has 0 aliphatic heterocycles. The number of furan rings is 1. The minimum Gasteiger partial charge on any atom is -0.458 e. The van der Waals surface area contributed by atoms with Crippen molar-refractivity contribution in [3.8, 4) is 0 Å². The van der Waals surface area contributed by atoms with Gasteiger partial charge in [0.25, 0.3) is 0 Å². The van der Waals surface area contributed by atoms with Gasteiger partial charge in [0, 0.05) is 5.39 Å². The lowest BCUT2D eigenvalue weighted by Crippen LogP contribution is -2.29. The van der Waals surface area contributed by atoms with Crippen LogP contribution in [0.5, 0.6) is 0 Å². The molecule has 1 unspecified atom stereocenters. The molecule has 3 N–H and O–H groups in total. The van der Waals surface area contributed by atoms with Crippen LogP contribution in [0.2, 0.25) is 0 Å². The summed E-state index contributed by atoms with van der Waals surface area (Å²) < 4.78 is 20.3. The Morgan fingerprint density at radius 2 is 2.05 bits per heavy atom. The van der Waals surface area contributed by atoms with Crippen LogP contribution in [0, 0.1) is 12.7 Å². The van der Waals surface area contributed by atoms with Gasteiger partial charge in [0.1, 0.15) is 23.2 Å². The fourth-order valence-corrected chi connectivity index (χ4v) is 2.90. The van der Waals surface area contributed by atoms with Crippen LogP contribution in [-0.4, -0.2) is 0 Å². The van der Waals surface area contributed by atoms with Crippen molar-refractivity contribution in [2.75, 3.05) is 0 Å². The fourth-order valence-electron chi connectivity index (χ4n) is 2.44. The zero-order valence-electron chi connectivity index (χ0n) is 11.4. The Bertz CT molecular complexity index is 800. The van der Waals surface area contributed by atoms with Gasteiger partial charge in [-0.05, 0) is 58.2 Å². The van der Waals surface area contributed by atoms with Crippen molar-refractivity contribution in [2.24, 2.45) is 5.84 Å². The summed E-state index contributed by atoms with van der Waals surface area (Å²) in [6.07, 6.45) is 0. The zero-order valence-corrected chi connectivity index (χ0v) is 12.9. The summed E-state index contributed by atoms with van der Waals surface area (Å²) in [6, 6.07) is 11.9. The summed E-state index contributed by atoms with van der Waals surface area (Å²) in [5, 5.41) is 0.966. The van der Waals surface area contributed by atoms with Crippen molar-refractivity contribution < 1.29 is 8.81 Å². The number of hydrogen-bond acceptors (Lipinski definition) is 3. The maximum Gasteiger partial charge on any atom is 0.148 e. The molecule has 0 fully saturated rings. The first-order valence-electron chi connectivity index (χ1n) is 6.50. The zero-order chi connectivity index (χ0) is 15.0. The van der Waals surface area contributed by atoms with Gasteiger partial charge < -0.3 is 4.42 Å². The number of nitrogens with one attached hydrogen (secondary N) is 1. The van der Waals surface area contributed by atoms with Crippen LogP contribution < -0.4 is 11.3 Å². The number of halogens is 2. The van der Waals surface area contributed by atoms with Crippen LogP contribution in [-0.2, 0) is 0 Å². The molecular weight excluding hydrogens is 335 g/mol. The molecule has 1 atom stereocenters. The van der Waals surface area contributed by atoms with Crippen LogP contribution >= 0.6 is 15.9 Å². The van der Waals surface area contributed by atoms with Crippen LogP contribution in [0.3, 0.4) is 0 Å². The van der Waals surface area contributed by atoms with Crippen LogP contribution in [0.1, 0.15) is 22.9 Å². The number of fused-ring (bicyclic) bond motifs is 1. The van der Waals surface area contributed by atoms with Crippen molar-refractivity contribution in [3.63, 3.8) is 0 Å². The number of hydrazine groups is 1. The predicted octanol–water partition coefficient (Wildman–Crippen LogP) is 4.20. The second kappa shape index (κ2) is 5.60. The van der Waals surface area contributed by atoms with Gasteiger partial charge in [0.15, 0.2) is 0 Å². The number of benzene rings is 2. The van der Waals surface area contributed by atoms with Gasteiger partial charge in [-0.2, -0.15) is 0 Å². The van der Waals surface area contributed by atoms with Crippen molar-refractivity contribution in [1.82, 2.24) is 5.43 Å². The number of rotatable bonds is 3.